The topological polar surface area (TPSA) is 93.0 Å². The van der Waals surface area contributed by atoms with Crippen LogP contribution in [0.15, 0.2) is 42.7 Å². The molecule has 1 fully saturated rings. The summed E-state index contributed by atoms with van der Waals surface area (Å²) < 4.78 is 1.55. The van der Waals surface area contributed by atoms with Gasteiger partial charge < -0.3 is 10.2 Å². The number of rotatable bonds is 5. The van der Waals surface area contributed by atoms with E-state index in [9.17, 15) is 9.59 Å². The number of aromatic nitrogens is 4. The Bertz CT molecular complexity index is 1180. The fourth-order valence-electron chi connectivity index (χ4n) is 5.07. The number of carbonyl (C=O) groups is 2. The molecule has 1 aromatic heterocycles. The minimum absolute atomic E-state index is 0.0998. The van der Waals surface area contributed by atoms with Gasteiger partial charge in [-0.25, -0.2) is 0 Å². The minimum atomic E-state index is -0.0998. The smallest absolute Gasteiger partial charge is 0.254 e. The lowest BCUT2D eigenvalue weighted by Gasteiger charge is -2.31. The van der Waals surface area contributed by atoms with Crippen LogP contribution in [-0.2, 0) is 6.54 Å². The lowest BCUT2D eigenvalue weighted by Crippen LogP contribution is -2.40. The summed E-state index contributed by atoms with van der Waals surface area (Å²) >= 11 is 0. The number of aryl methyl sites for hydroxylation is 1. The van der Waals surface area contributed by atoms with Gasteiger partial charge in [0.2, 0.25) is 0 Å². The molecule has 170 valence electrons. The molecule has 33 heavy (non-hydrogen) atoms. The molecule has 2 heterocycles. The molecule has 8 nitrogen and oxygen atoms in total. The van der Waals surface area contributed by atoms with Crippen LogP contribution in [-0.4, -0.2) is 49.5 Å². The zero-order chi connectivity index (χ0) is 22.9. The first-order chi connectivity index (χ1) is 16.0. The molecular formula is C25H28N6O2. The number of nitrogens with one attached hydrogen (secondary N) is 1. The number of amides is 2. The molecule has 0 radical (unpaired) electrons. The standard InChI is InChI=1S/C25H28N6O2/c1-16-7-12-22(23(17(16)2)31-15-26-28-29-31)24(32)27-20-10-8-18(9-11-20)13-30-14-19-5-3-4-6-21(19)25(30)33/h3-7,12,15,18,20H,8-11,13-14H2,1-2H3,(H,27,32). The second-order valence-electron chi connectivity index (χ2n) is 9.19. The monoisotopic (exact) mass is 444 g/mol. The molecule has 1 saturated carbocycles. The first-order valence-electron chi connectivity index (χ1n) is 11.5. The van der Waals surface area contributed by atoms with Crippen molar-refractivity contribution in [1.82, 2.24) is 30.4 Å². The average molecular weight is 445 g/mol. The highest BCUT2D eigenvalue weighted by Gasteiger charge is 2.31. The lowest BCUT2D eigenvalue weighted by molar-refractivity contribution is 0.0732. The van der Waals surface area contributed by atoms with E-state index in [2.05, 4.69) is 20.8 Å². The van der Waals surface area contributed by atoms with E-state index in [1.165, 1.54) is 6.33 Å². The molecule has 1 N–H and O–H groups in total. The maximum Gasteiger partial charge on any atom is 0.254 e. The Kier molecular flexibility index (Phi) is 5.66. The van der Waals surface area contributed by atoms with Crippen LogP contribution in [0.2, 0.25) is 0 Å². The zero-order valence-corrected chi connectivity index (χ0v) is 19.0. The van der Waals surface area contributed by atoms with Crippen molar-refractivity contribution in [2.45, 2.75) is 52.1 Å². The molecule has 2 aromatic carbocycles. The van der Waals surface area contributed by atoms with Crippen LogP contribution in [0.4, 0.5) is 0 Å². The molecule has 0 spiro atoms. The van der Waals surface area contributed by atoms with Gasteiger partial charge in [-0.05, 0) is 84.7 Å². The summed E-state index contributed by atoms with van der Waals surface area (Å²) in [5.74, 6) is 0.512. The van der Waals surface area contributed by atoms with Crippen molar-refractivity contribution in [1.29, 1.82) is 0 Å². The van der Waals surface area contributed by atoms with Gasteiger partial charge in [0.05, 0.1) is 11.3 Å². The molecule has 0 saturated heterocycles. The van der Waals surface area contributed by atoms with Gasteiger partial charge in [-0.15, -0.1) is 5.10 Å². The number of nitrogens with zero attached hydrogens (tertiary/aromatic N) is 5. The summed E-state index contributed by atoms with van der Waals surface area (Å²) in [4.78, 5) is 27.8. The fraction of sp³-hybridized carbons (Fsp3) is 0.400. The van der Waals surface area contributed by atoms with E-state index >= 15 is 0 Å². The van der Waals surface area contributed by atoms with E-state index in [-0.39, 0.29) is 17.9 Å². The molecule has 2 aliphatic rings. The second-order valence-corrected chi connectivity index (χ2v) is 9.19. The first kappa shape index (κ1) is 21.3. The van der Waals surface area contributed by atoms with Crippen LogP contribution in [0, 0.1) is 19.8 Å². The van der Waals surface area contributed by atoms with Gasteiger partial charge in [0.25, 0.3) is 11.8 Å². The molecule has 5 rings (SSSR count). The van der Waals surface area contributed by atoms with Crippen molar-refractivity contribution in [2.75, 3.05) is 6.54 Å². The van der Waals surface area contributed by atoms with E-state index < -0.39 is 0 Å². The quantitative estimate of drug-likeness (QED) is 0.652. The minimum Gasteiger partial charge on any atom is -0.349 e. The Hall–Kier alpha value is -3.55. The number of hydrogen-bond acceptors (Lipinski definition) is 5. The van der Waals surface area contributed by atoms with Gasteiger partial charge in [-0.2, -0.15) is 4.68 Å². The number of carbonyl (C=O) groups excluding carboxylic acids is 2. The van der Waals surface area contributed by atoms with Gasteiger partial charge in [-0.3, -0.25) is 9.59 Å². The molecule has 3 aromatic rings. The third-order valence-electron chi connectivity index (χ3n) is 7.08. The Morgan fingerprint density at radius 1 is 1.09 bits per heavy atom. The molecule has 1 aliphatic carbocycles. The van der Waals surface area contributed by atoms with E-state index in [1.807, 2.05) is 55.1 Å². The van der Waals surface area contributed by atoms with Crippen LogP contribution < -0.4 is 5.32 Å². The molecule has 8 heteroatoms. The van der Waals surface area contributed by atoms with E-state index in [4.69, 9.17) is 0 Å². The Morgan fingerprint density at radius 3 is 2.61 bits per heavy atom. The van der Waals surface area contributed by atoms with Gasteiger partial charge in [0.1, 0.15) is 6.33 Å². The van der Waals surface area contributed by atoms with Gasteiger partial charge in [0.15, 0.2) is 0 Å². The maximum atomic E-state index is 13.2. The third kappa shape index (κ3) is 4.13. The maximum absolute atomic E-state index is 13.2. The van der Waals surface area contributed by atoms with Crippen LogP contribution >= 0.6 is 0 Å². The largest absolute Gasteiger partial charge is 0.349 e. The molecule has 0 atom stereocenters. The van der Waals surface area contributed by atoms with Crippen molar-refractivity contribution in [3.05, 3.63) is 70.5 Å². The summed E-state index contributed by atoms with van der Waals surface area (Å²) in [5.41, 5.74) is 5.32. The fourth-order valence-corrected chi connectivity index (χ4v) is 5.07. The molecular weight excluding hydrogens is 416 g/mol. The second kappa shape index (κ2) is 8.77. The molecule has 2 amide bonds. The molecule has 0 unspecified atom stereocenters. The zero-order valence-electron chi connectivity index (χ0n) is 19.0. The van der Waals surface area contributed by atoms with Crippen molar-refractivity contribution < 1.29 is 9.59 Å². The summed E-state index contributed by atoms with van der Waals surface area (Å²) in [5, 5.41) is 14.7. The van der Waals surface area contributed by atoms with Gasteiger partial charge >= 0.3 is 0 Å². The van der Waals surface area contributed by atoms with Crippen molar-refractivity contribution in [3.8, 4) is 5.69 Å². The summed E-state index contributed by atoms with van der Waals surface area (Å²) in [6.07, 6.45) is 5.34. The van der Waals surface area contributed by atoms with Gasteiger partial charge in [0, 0.05) is 24.7 Å². The van der Waals surface area contributed by atoms with Crippen molar-refractivity contribution in [3.63, 3.8) is 0 Å². The van der Waals surface area contributed by atoms with Gasteiger partial charge in [-0.1, -0.05) is 24.3 Å². The Labute approximate surface area is 193 Å². The molecule has 1 aliphatic heterocycles. The van der Waals surface area contributed by atoms with Crippen molar-refractivity contribution >= 4 is 11.8 Å². The highest BCUT2D eigenvalue weighted by atomic mass is 16.2. The predicted molar refractivity (Wildman–Crippen MR) is 123 cm³/mol. The van der Waals surface area contributed by atoms with Crippen LogP contribution in [0.3, 0.4) is 0 Å². The number of hydrogen-bond donors (Lipinski definition) is 1. The summed E-state index contributed by atoms with van der Waals surface area (Å²) in [7, 11) is 0. The average Bonchev–Trinajstić information content (AvgIpc) is 3.46. The highest BCUT2D eigenvalue weighted by Crippen LogP contribution is 2.30. The number of benzene rings is 2. The number of tetrazole rings is 1. The Balaban J connectivity index is 1.20. The first-order valence-corrected chi connectivity index (χ1v) is 11.5. The normalized spacial score (nSPS) is 20.1. The van der Waals surface area contributed by atoms with Crippen LogP contribution in [0.25, 0.3) is 5.69 Å². The lowest BCUT2D eigenvalue weighted by atomic mass is 9.85. The van der Waals surface area contributed by atoms with E-state index in [1.54, 1.807) is 4.68 Å². The number of fused-ring (bicyclic) bond motifs is 1. The van der Waals surface area contributed by atoms with Crippen LogP contribution in [0.5, 0.6) is 0 Å². The molecule has 0 bridgehead atoms. The van der Waals surface area contributed by atoms with E-state index in [0.29, 0.717) is 18.0 Å². The third-order valence-corrected chi connectivity index (χ3v) is 7.08. The van der Waals surface area contributed by atoms with E-state index in [0.717, 1.165) is 60.2 Å². The Morgan fingerprint density at radius 2 is 1.88 bits per heavy atom. The summed E-state index contributed by atoms with van der Waals surface area (Å²) in [6.45, 7) is 5.48. The van der Waals surface area contributed by atoms with Crippen LogP contribution in [0.1, 0.15) is 63.1 Å². The van der Waals surface area contributed by atoms with Crippen molar-refractivity contribution in [2.24, 2.45) is 5.92 Å². The highest BCUT2D eigenvalue weighted by molar-refractivity contribution is 5.99. The summed E-state index contributed by atoms with van der Waals surface area (Å²) in [6, 6.07) is 11.8. The predicted octanol–water partition coefficient (Wildman–Crippen LogP) is 3.22. The SMILES string of the molecule is Cc1ccc(C(=O)NC2CCC(CN3Cc4ccccc4C3=O)CC2)c(-n2cnnn2)c1C.